The largest absolute Gasteiger partial charge is 0.330 e. The lowest BCUT2D eigenvalue weighted by molar-refractivity contribution is -0.384. The summed E-state index contributed by atoms with van der Waals surface area (Å²) < 4.78 is 2.06. The Hall–Kier alpha value is -3.73. The van der Waals surface area contributed by atoms with Crippen LogP contribution in [-0.2, 0) is 6.54 Å². The fourth-order valence-electron chi connectivity index (χ4n) is 3.46. The highest BCUT2D eigenvalue weighted by Gasteiger charge is 2.21. The van der Waals surface area contributed by atoms with E-state index < -0.39 is 0 Å². The SMILES string of the molecule is O=[N+]([O-])c1cccc(Cn2ccnc2C(c2ccccc2)c2ccccc2)c1. The van der Waals surface area contributed by atoms with E-state index in [1.54, 1.807) is 18.3 Å². The molecule has 5 heteroatoms. The summed E-state index contributed by atoms with van der Waals surface area (Å²) in [5.74, 6) is 0.889. The second-order valence-electron chi connectivity index (χ2n) is 6.59. The Balaban J connectivity index is 1.75. The topological polar surface area (TPSA) is 61.0 Å². The molecule has 0 radical (unpaired) electrons. The van der Waals surface area contributed by atoms with Crippen LogP contribution in [0.2, 0.25) is 0 Å². The summed E-state index contributed by atoms with van der Waals surface area (Å²) in [4.78, 5) is 15.4. The van der Waals surface area contributed by atoms with Gasteiger partial charge in [-0.1, -0.05) is 72.8 Å². The molecule has 138 valence electrons. The van der Waals surface area contributed by atoms with Crippen molar-refractivity contribution in [3.63, 3.8) is 0 Å². The van der Waals surface area contributed by atoms with Crippen molar-refractivity contribution < 1.29 is 4.92 Å². The van der Waals surface area contributed by atoms with Gasteiger partial charge in [0.2, 0.25) is 0 Å². The zero-order valence-electron chi connectivity index (χ0n) is 15.2. The van der Waals surface area contributed by atoms with Crippen LogP contribution in [0, 0.1) is 10.1 Å². The van der Waals surface area contributed by atoms with Gasteiger partial charge in [0, 0.05) is 31.1 Å². The number of nitro groups is 1. The second kappa shape index (κ2) is 7.88. The van der Waals surface area contributed by atoms with Gasteiger partial charge < -0.3 is 4.57 Å². The van der Waals surface area contributed by atoms with Gasteiger partial charge in [0.25, 0.3) is 5.69 Å². The summed E-state index contributed by atoms with van der Waals surface area (Å²) in [5, 5.41) is 11.1. The highest BCUT2D eigenvalue weighted by Crippen LogP contribution is 2.31. The van der Waals surface area contributed by atoms with E-state index in [1.165, 1.54) is 6.07 Å². The van der Waals surface area contributed by atoms with Crippen LogP contribution >= 0.6 is 0 Å². The van der Waals surface area contributed by atoms with E-state index in [9.17, 15) is 10.1 Å². The number of aromatic nitrogens is 2. The smallest absolute Gasteiger partial charge is 0.269 e. The molecule has 0 saturated heterocycles. The van der Waals surface area contributed by atoms with Gasteiger partial charge >= 0.3 is 0 Å². The lowest BCUT2D eigenvalue weighted by atomic mass is 9.90. The minimum atomic E-state index is -0.366. The van der Waals surface area contributed by atoms with Crippen LogP contribution in [0.1, 0.15) is 28.4 Å². The summed E-state index contributed by atoms with van der Waals surface area (Å²) in [6.45, 7) is 0.521. The molecule has 0 N–H and O–H groups in total. The third-order valence-electron chi connectivity index (χ3n) is 4.75. The van der Waals surface area contributed by atoms with Crippen molar-refractivity contribution in [2.75, 3.05) is 0 Å². The molecule has 0 fully saturated rings. The standard InChI is InChI=1S/C23H19N3O2/c27-26(28)21-13-7-8-18(16-21)17-25-15-14-24-23(25)22(19-9-3-1-4-10-19)20-11-5-2-6-12-20/h1-16,22H,17H2. The summed E-state index contributed by atoms with van der Waals surface area (Å²) in [6.07, 6.45) is 3.71. The van der Waals surface area contributed by atoms with Crippen LogP contribution in [-0.4, -0.2) is 14.5 Å². The first kappa shape index (κ1) is 17.7. The van der Waals surface area contributed by atoms with E-state index in [2.05, 4.69) is 33.8 Å². The Morgan fingerprint density at radius 2 is 1.54 bits per heavy atom. The van der Waals surface area contributed by atoms with Gasteiger partial charge in [-0.25, -0.2) is 4.98 Å². The average molecular weight is 369 g/mol. The number of non-ortho nitro benzene ring substituents is 1. The minimum absolute atomic E-state index is 0.0175. The van der Waals surface area contributed by atoms with Crippen molar-refractivity contribution in [3.05, 3.63) is 130 Å². The molecule has 4 rings (SSSR count). The highest BCUT2D eigenvalue weighted by molar-refractivity contribution is 5.39. The Morgan fingerprint density at radius 1 is 0.893 bits per heavy atom. The average Bonchev–Trinajstić information content (AvgIpc) is 3.18. The molecule has 0 aliphatic carbocycles. The van der Waals surface area contributed by atoms with Gasteiger partial charge in [0.15, 0.2) is 0 Å². The predicted molar refractivity (Wildman–Crippen MR) is 108 cm³/mol. The first-order valence-electron chi connectivity index (χ1n) is 9.06. The molecule has 0 unspecified atom stereocenters. The zero-order valence-corrected chi connectivity index (χ0v) is 15.2. The molecular formula is C23H19N3O2. The van der Waals surface area contributed by atoms with E-state index in [4.69, 9.17) is 0 Å². The molecule has 0 aliphatic heterocycles. The fraction of sp³-hybridized carbons (Fsp3) is 0.0870. The predicted octanol–water partition coefficient (Wildman–Crippen LogP) is 5.02. The first-order chi connectivity index (χ1) is 13.7. The maximum absolute atomic E-state index is 11.1. The highest BCUT2D eigenvalue weighted by atomic mass is 16.6. The molecule has 0 bridgehead atoms. The number of imidazole rings is 1. The van der Waals surface area contributed by atoms with Crippen LogP contribution in [0.15, 0.2) is 97.3 Å². The van der Waals surface area contributed by atoms with Gasteiger partial charge in [0.1, 0.15) is 5.82 Å². The number of hydrogen-bond acceptors (Lipinski definition) is 3. The van der Waals surface area contributed by atoms with E-state index in [1.807, 2.05) is 48.7 Å². The van der Waals surface area contributed by atoms with Gasteiger partial charge in [-0.05, 0) is 16.7 Å². The molecule has 1 aromatic heterocycles. The number of nitro benzene ring substituents is 1. The molecule has 0 amide bonds. The zero-order chi connectivity index (χ0) is 19.3. The molecule has 3 aromatic carbocycles. The summed E-state index contributed by atoms with van der Waals surface area (Å²) in [6, 6.07) is 27.3. The molecule has 0 atom stereocenters. The molecule has 0 aliphatic rings. The molecule has 1 heterocycles. The Morgan fingerprint density at radius 3 is 2.14 bits per heavy atom. The van der Waals surface area contributed by atoms with Crippen LogP contribution in [0.3, 0.4) is 0 Å². The molecular weight excluding hydrogens is 350 g/mol. The Kier molecular flexibility index (Phi) is 4.97. The molecule has 4 aromatic rings. The van der Waals surface area contributed by atoms with Crippen molar-refractivity contribution in [1.29, 1.82) is 0 Å². The molecule has 0 saturated carbocycles. The fourth-order valence-corrected chi connectivity index (χ4v) is 3.46. The van der Waals surface area contributed by atoms with Gasteiger partial charge in [0.05, 0.1) is 10.8 Å². The normalized spacial score (nSPS) is 10.9. The second-order valence-corrected chi connectivity index (χ2v) is 6.59. The van der Waals surface area contributed by atoms with Crippen LogP contribution < -0.4 is 0 Å². The van der Waals surface area contributed by atoms with Crippen molar-refractivity contribution in [2.45, 2.75) is 12.5 Å². The Bertz CT molecular complexity index is 1040. The van der Waals surface area contributed by atoms with Crippen molar-refractivity contribution in [3.8, 4) is 0 Å². The monoisotopic (exact) mass is 369 g/mol. The van der Waals surface area contributed by atoms with Gasteiger partial charge in [-0.2, -0.15) is 0 Å². The lowest BCUT2D eigenvalue weighted by Crippen LogP contribution is -2.12. The summed E-state index contributed by atoms with van der Waals surface area (Å²) >= 11 is 0. The molecule has 28 heavy (non-hydrogen) atoms. The van der Waals surface area contributed by atoms with E-state index >= 15 is 0 Å². The van der Waals surface area contributed by atoms with Crippen molar-refractivity contribution in [1.82, 2.24) is 9.55 Å². The summed E-state index contributed by atoms with van der Waals surface area (Å²) in [5.41, 5.74) is 3.27. The lowest BCUT2D eigenvalue weighted by Gasteiger charge is -2.19. The molecule has 0 spiro atoms. The summed E-state index contributed by atoms with van der Waals surface area (Å²) in [7, 11) is 0. The number of benzene rings is 3. The maximum atomic E-state index is 11.1. The third-order valence-corrected chi connectivity index (χ3v) is 4.75. The first-order valence-corrected chi connectivity index (χ1v) is 9.06. The van der Waals surface area contributed by atoms with Crippen LogP contribution in [0.4, 0.5) is 5.69 Å². The minimum Gasteiger partial charge on any atom is -0.330 e. The van der Waals surface area contributed by atoms with Crippen LogP contribution in [0.25, 0.3) is 0 Å². The van der Waals surface area contributed by atoms with Gasteiger partial charge in [-0.3, -0.25) is 10.1 Å². The maximum Gasteiger partial charge on any atom is 0.269 e. The van der Waals surface area contributed by atoms with Crippen molar-refractivity contribution >= 4 is 5.69 Å². The molecule has 5 nitrogen and oxygen atoms in total. The van der Waals surface area contributed by atoms with Gasteiger partial charge in [-0.15, -0.1) is 0 Å². The van der Waals surface area contributed by atoms with Crippen molar-refractivity contribution in [2.24, 2.45) is 0 Å². The number of hydrogen-bond donors (Lipinski definition) is 0. The number of nitrogens with zero attached hydrogens (tertiary/aromatic N) is 3. The van der Waals surface area contributed by atoms with E-state index in [0.717, 1.165) is 22.5 Å². The van der Waals surface area contributed by atoms with Crippen LogP contribution in [0.5, 0.6) is 0 Å². The van der Waals surface area contributed by atoms with E-state index in [-0.39, 0.29) is 16.5 Å². The van der Waals surface area contributed by atoms with E-state index in [0.29, 0.717) is 6.54 Å². The third kappa shape index (κ3) is 3.69. The Labute approximate surface area is 163 Å². The number of rotatable bonds is 6. The quantitative estimate of drug-likeness (QED) is 0.354.